The van der Waals surface area contributed by atoms with Crippen molar-refractivity contribution in [2.45, 2.75) is 6.10 Å². The molecule has 0 spiro atoms. The number of carbonyl (C=O) groups is 1. The molecule has 8 heteroatoms. The number of methoxy groups -OCH3 is 1. The second-order valence-electron chi connectivity index (χ2n) is 5.08. The van der Waals surface area contributed by atoms with Crippen LogP contribution >= 0.6 is 24.0 Å². The van der Waals surface area contributed by atoms with Crippen molar-refractivity contribution in [3.63, 3.8) is 0 Å². The van der Waals surface area contributed by atoms with Gasteiger partial charge in [-0.1, -0.05) is 17.7 Å². The third kappa shape index (κ3) is 5.90. The van der Waals surface area contributed by atoms with E-state index in [1.165, 1.54) is 12.1 Å². The van der Waals surface area contributed by atoms with Crippen LogP contribution in [-0.2, 0) is 14.3 Å². The lowest BCUT2D eigenvalue weighted by Gasteiger charge is -2.25. The maximum absolute atomic E-state index is 13.7. The quantitative estimate of drug-likeness (QED) is 0.834. The van der Waals surface area contributed by atoms with Crippen LogP contribution in [0.3, 0.4) is 0 Å². The van der Waals surface area contributed by atoms with Crippen molar-refractivity contribution in [1.29, 1.82) is 0 Å². The zero-order valence-electron chi connectivity index (χ0n) is 13.5. The molecule has 0 unspecified atom stereocenters. The number of rotatable bonds is 5. The predicted octanol–water partition coefficient (Wildman–Crippen LogP) is 1.94. The van der Waals surface area contributed by atoms with Gasteiger partial charge in [-0.15, -0.1) is 12.4 Å². The number of benzene rings is 1. The number of hydrogen-bond acceptors (Lipinski definition) is 4. The highest BCUT2D eigenvalue weighted by molar-refractivity contribution is 6.30. The fourth-order valence-electron chi connectivity index (χ4n) is 2.41. The van der Waals surface area contributed by atoms with E-state index in [-0.39, 0.29) is 49.1 Å². The van der Waals surface area contributed by atoms with E-state index < -0.39 is 5.82 Å². The molecule has 1 fully saturated rings. The summed E-state index contributed by atoms with van der Waals surface area (Å²) in [4.78, 5) is 11.6. The standard InChI is InChI=1S/C15H20ClFN2O3.ClH/c1-21-9-14(20)19-8-11-7-18-4-5-22-15(11)10-2-3-12(16)13(17)6-10;/h2-3,6,11,15,18H,4-5,7-9H2,1H3,(H,19,20);1H/t11-,15-;/m0./s1/i1D;. The van der Waals surface area contributed by atoms with E-state index in [9.17, 15) is 9.18 Å². The van der Waals surface area contributed by atoms with Gasteiger partial charge in [-0.05, 0) is 17.7 Å². The van der Waals surface area contributed by atoms with Gasteiger partial charge in [0.2, 0.25) is 5.91 Å². The first kappa shape index (κ1) is 18.4. The number of hydrogen-bond donors (Lipinski definition) is 2. The van der Waals surface area contributed by atoms with E-state index in [1.54, 1.807) is 6.07 Å². The molecule has 0 saturated carbocycles. The Morgan fingerprint density at radius 2 is 2.48 bits per heavy atom. The average molecular weight is 368 g/mol. The minimum absolute atomic E-state index is 0. The first-order chi connectivity index (χ1) is 11.1. The highest BCUT2D eigenvalue weighted by Crippen LogP contribution is 2.29. The summed E-state index contributed by atoms with van der Waals surface area (Å²) < 4.78 is 31.1. The van der Waals surface area contributed by atoms with Gasteiger partial charge in [0.15, 0.2) is 0 Å². The van der Waals surface area contributed by atoms with E-state index >= 15 is 0 Å². The van der Waals surface area contributed by atoms with Crippen LogP contribution in [0.25, 0.3) is 0 Å². The number of ether oxygens (including phenoxy) is 2. The first-order valence-electron chi connectivity index (χ1n) is 7.73. The van der Waals surface area contributed by atoms with Gasteiger partial charge in [-0.25, -0.2) is 4.39 Å². The third-order valence-electron chi connectivity index (χ3n) is 3.48. The summed E-state index contributed by atoms with van der Waals surface area (Å²) >= 11 is 5.73. The van der Waals surface area contributed by atoms with Crippen LogP contribution in [-0.4, -0.2) is 45.8 Å². The lowest BCUT2D eigenvalue weighted by molar-refractivity contribution is -0.125. The monoisotopic (exact) mass is 367 g/mol. The van der Waals surface area contributed by atoms with Crippen molar-refractivity contribution in [1.82, 2.24) is 10.6 Å². The summed E-state index contributed by atoms with van der Waals surface area (Å²) in [5.41, 5.74) is 0.692. The van der Waals surface area contributed by atoms with E-state index in [0.29, 0.717) is 31.8 Å². The van der Waals surface area contributed by atoms with Crippen molar-refractivity contribution < 1.29 is 20.0 Å². The molecular formula is C15H21Cl2FN2O3. The highest BCUT2D eigenvalue weighted by atomic mass is 35.5. The van der Waals surface area contributed by atoms with Crippen LogP contribution in [0.2, 0.25) is 5.02 Å². The van der Waals surface area contributed by atoms with Crippen LogP contribution < -0.4 is 10.6 Å². The summed E-state index contributed by atoms with van der Waals surface area (Å²) in [6.07, 6.45) is -0.339. The van der Waals surface area contributed by atoms with Crippen LogP contribution in [0.1, 0.15) is 13.0 Å². The second-order valence-corrected chi connectivity index (χ2v) is 5.49. The fourth-order valence-corrected chi connectivity index (χ4v) is 2.53. The van der Waals surface area contributed by atoms with E-state index in [4.69, 9.17) is 22.4 Å². The second kappa shape index (κ2) is 10.1. The first-order valence-corrected chi connectivity index (χ1v) is 7.40. The van der Waals surface area contributed by atoms with E-state index in [1.807, 2.05) is 0 Å². The van der Waals surface area contributed by atoms with Crippen molar-refractivity contribution >= 4 is 29.9 Å². The highest BCUT2D eigenvalue weighted by Gasteiger charge is 2.27. The van der Waals surface area contributed by atoms with Gasteiger partial charge in [-0.2, -0.15) is 0 Å². The summed E-state index contributed by atoms with van der Waals surface area (Å²) in [5, 5.41) is 6.05. The van der Waals surface area contributed by atoms with Crippen LogP contribution in [0, 0.1) is 11.7 Å². The summed E-state index contributed by atoms with van der Waals surface area (Å²) in [6, 6.07) is 4.61. The smallest absolute Gasteiger partial charge is 0.245 e. The zero-order valence-corrected chi connectivity index (χ0v) is 14.1. The van der Waals surface area contributed by atoms with Crippen LogP contribution in [0.4, 0.5) is 4.39 Å². The molecule has 1 aliphatic heterocycles. The number of amides is 1. The van der Waals surface area contributed by atoms with Gasteiger partial charge < -0.3 is 20.1 Å². The Hall–Kier alpha value is -0.920. The molecule has 1 aromatic carbocycles. The molecule has 130 valence electrons. The van der Waals surface area contributed by atoms with E-state index in [0.717, 1.165) is 0 Å². The van der Waals surface area contributed by atoms with Crippen molar-refractivity contribution in [2.24, 2.45) is 5.92 Å². The van der Waals surface area contributed by atoms with Gasteiger partial charge in [0.25, 0.3) is 0 Å². The normalized spacial score (nSPS) is 21.7. The molecule has 1 amide bonds. The van der Waals surface area contributed by atoms with Gasteiger partial charge in [-0.3, -0.25) is 4.79 Å². The predicted molar refractivity (Wildman–Crippen MR) is 88.6 cm³/mol. The molecule has 23 heavy (non-hydrogen) atoms. The number of halogens is 3. The molecule has 1 aliphatic rings. The Kier molecular flexibility index (Phi) is 8.05. The fraction of sp³-hybridized carbons (Fsp3) is 0.533. The summed E-state index contributed by atoms with van der Waals surface area (Å²) in [6.45, 7) is 2.04. The Morgan fingerprint density at radius 3 is 3.22 bits per heavy atom. The van der Waals surface area contributed by atoms with Crippen LogP contribution in [0.15, 0.2) is 18.2 Å². The van der Waals surface area contributed by atoms with Crippen LogP contribution in [0.5, 0.6) is 0 Å². The topological polar surface area (TPSA) is 59.6 Å². The molecule has 1 aromatic rings. The molecule has 0 aliphatic carbocycles. The molecule has 1 heterocycles. The van der Waals surface area contributed by atoms with Crippen molar-refractivity contribution in [3.05, 3.63) is 34.6 Å². The third-order valence-corrected chi connectivity index (χ3v) is 3.78. The Labute approximate surface area is 147 Å². The SMILES string of the molecule is Cl.[2H]COCC(=O)NC[C@@H]1CNCCO[C@H]1c1ccc(Cl)c(F)c1. The largest absolute Gasteiger partial charge is 0.375 e. The van der Waals surface area contributed by atoms with Gasteiger partial charge in [0, 0.05) is 32.6 Å². The minimum atomic E-state index is -0.489. The van der Waals surface area contributed by atoms with Gasteiger partial charge in [0.05, 0.1) is 19.1 Å². The maximum Gasteiger partial charge on any atom is 0.245 e. The lowest BCUT2D eigenvalue weighted by Crippen LogP contribution is -2.37. The Morgan fingerprint density at radius 1 is 1.65 bits per heavy atom. The number of nitrogens with one attached hydrogen (secondary N) is 2. The molecule has 1 saturated heterocycles. The molecule has 0 aromatic heterocycles. The van der Waals surface area contributed by atoms with Crippen molar-refractivity contribution in [3.8, 4) is 0 Å². The molecule has 5 nitrogen and oxygen atoms in total. The molecular weight excluding hydrogens is 346 g/mol. The van der Waals surface area contributed by atoms with Gasteiger partial charge >= 0.3 is 0 Å². The molecule has 2 rings (SSSR count). The molecule has 0 bridgehead atoms. The zero-order chi connectivity index (χ0) is 16.7. The lowest BCUT2D eigenvalue weighted by atomic mass is 9.95. The minimum Gasteiger partial charge on any atom is -0.375 e. The maximum atomic E-state index is 13.7. The summed E-state index contributed by atoms with van der Waals surface area (Å²) in [5.74, 6) is -0.836. The number of carbonyl (C=O) groups excluding carboxylic acids is 1. The van der Waals surface area contributed by atoms with Gasteiger partial charge in [0.1, 0.15) is 12.4 Å². The Balaban J connectivity index is 0.00000288. The van der Waals surface area contributed by atoms with Crippen molar-refractivity contribution in [2.75, 3.05) is 39.9 Å². The molecule has 2 N–H and O–H groups in total. The van der Waals surface area contributed by atoms with E-state index in [2.05, 4.69) is 10.6 Å². The molecule has 0 radical (unpaired) electrons. The Bertz CT molecular complexity index is 539. The molecule has 2 atom stereocenters. The summed E-state index contributed by atoms with van der Waals surface area (Å²) in [7, 11) is -0.256. The average Bonchev–Trinajstić information content (AvgIpc) is 2.79.